The summed E-state index contributed by atoms with van der Waals surface area (Å²) >= 11 is 0. The second kappa shape index (κ2) is 9.22. The predicted molar refractivity (Wildman–Crippen MR) is 137 cm³/mol. The summed E-state index contributed by atoms with van der Waals surface area (Å²) in [5.41, 5.74) is 4.33. The lowest BCUT2D eigenvalue weighted by Crippen LogP contribution is -2.14. The maximum Gasteiger partial charge on any atom is 0.256 e. The zero-order valence-electron chi connectivity index (χ0n) is 19.8. The van der Waals surface area contributed by atoms with Gasteiger partial charge in [-0.05, 0) is 55.7 Å². The van der Waals surface area contributed by atoms with Crippen molar-refractivity contribution in [3.63, 3.8) is 0 Å². The molecule has 5 aromatic rings. The Morgan fingerprint density at radius 1 is 1.00 bits per heavy atom. The second-order valence-electron chi connectivity index (χ2n) is 9.04. The molecule has 178 valence electrons. The first-order valence-electron chi connectivity index (χ1n) is 12.0. The van der Waals surface area contributed by atoms with Crippen molar-refractivity contribution in [1.29, 1.82) is 0 Å². The molecule has 1 aliphatic rings. The lowest BCUT2D eigenvalue weighted by molar-refractivity contribution is 0.102. The summed E-state index contributed by atoms with van der Waals surface area (Å²) in [4.78, 5) is 22.2. The van der Waals surface area contributed by atoms with E-state index in [-0.39, 0.29) is 11.9 Å². The minimum absolute atomic E-state index is 0.0302. The summed E-state index contributed by atoms with van der Waals surface area (Å²) in [6.45, 7) is 2.09. The van der Waals surface area contributed by atoms with Crippen molar-refractivity contribution in [3.05, 3.63) is 108 Å². The first-order chi connectivity index (χ1) is 17.7. The number of aromatic nitrogens is 6. The molecule has 6 rings (SSSR count). The Balaban J connectivity index is 1.22. The average Bonchev–Trinajstić information content (AvgIpc) is 3.44. The number of pyridine rings is 1. The van der Waals surface area contributed by atoms with Crippen molar-refractivity contribution in [2.45, 2.75) is 31.7 Å². The predicted octanol–water partition coefficient (Wildman–Crippen LogP) is 5.26. The maximum atomic E-state index is 13.1. The van der Waals surface area contributed by atoms with Gasteiger partial charge < -0.3 is 14.5 Å². The smallest absolute Gasteiger partial charge is 0.256 e. The van der Waals surface area contributed by atoms with Crippen LogP contribution in [0.1, 0.15) is 53.3 Å². The molecule has 1 aliphatic carbocycles. The van der Waals surface area contributed by atoms with Gasteiger partial charge in [0.2, 0.25) is 0 Å². The van der Waals surface area contributed by atoms with Crippen LogP contribution >= 0.6 is 0 Å². The van der Waals surface area contributed by atoms with Gasteiger partial charge in [-0.3, -0.25) is 4.79 Å². The minimum Gasteiger partial charge on any atom is -0.307 e. The Bertz CT molecular complexity index is 1520. The number of hydrogen-bond acceptors (Lipinski definition) is 5. The molecule has 1 saturated carbocycles. The zero-order valence-corrected chi connectivity index (χ0v) is 19.8. The van der Waals surface area contributed by atoms with E-state index in [0.29, 0.717) is 28.8 Å². The second-order valence-corrected chi connectivity index (χ2v) is 9.04. The van der Waals surface area contributed by atoms with Crippen molar-refractivity contribution >= 4 is 11.7 Å². The number of amides is 1. The van der Waals surface area contributed by atoms with Crippen LogP contribution in [-0.2, 0) is 0 Å². The Labute approximate surface area is 208 Å². The minimum atomic E-state index is -0.233. The highest BCUT2D eigenvalue weighted by molar-refractivity contribution is 6.04. The van der Waals surface area contributed by atoms with Gasteiger partial charge in [-0.15, -0.1) is 10.2 Å². The number of anilines is 1. The number of imidazole rings is 1. The number of carbonyl (C=O) groups excluding carboxylic acids is 1. The highest BCUT2D eigenvalue weighted by atomic mass is 16.1. The Morgan fingerprint density at radius 3 is 2.67 bits per heavy atom. The molecule has 1 atom stereocenters. The zero-order chi connectivity index (χ0) is 24.5. The first kappa shape index (κ1) is 21.9. The van der Waals surface area contributed by atoms with Gasteiger partial charge >= 0.3 is 0 Å². The monoisotopic (exact) mass is 475 g/mol. The van der Waals surface area contributed by atoms with Crippen LogP contribution in [0.2, 0.25) is 0 Å². The van der Waals surface area contributed by atoms with Crippen LogP contribution in [-0.4, -0.2) is 35.2 Å². The van der Waals surface area contributed by atoms with Crippen LogP contribution in [0.25, 0.3) is 17.2 Å². The Morgan fingerprint density at radius 2 is 1.83 bits per heavy atom. The average molecular weight is 476 g/mol. The molecule has 1 N–H and O–H groups in total. The van der Waals surface area contributed by atoms with Gasteiger partial charge in [-0.25, -0.2) is 9.97 Å². The molecule has 0 saturated heterocycles. The van der Waals surface area contributed by atoms with Crippen LogP contribution < -0.4 is 5.32 Å². The highest BCUT2D eigenvalue weighted by Crippen LogP contribution is 2.39. The van der Waals surface area contributed by atoms with Crippen molar-refractivity contribution in [2.75, 3.05) is 5.32 Å². The van der Waals surface area contributed by atoms with Crippen LogP contribution in [0.15, 0.2) is 91.6 Å². The number of hydrogen-bond donors (Lipinski definition) is 1. The molecule has 1 amide bonds. The molecule has 3 aromatic heterocycles. The molecule has 2 aromatic carbocycles. The molecule has 3 heterocycles. The standard InChI is InChI=1S/C28H25N7O/c1-19(20-7-3-2-4-8-20)35-18-30-33-27(35)24-11-6-12-26(31-24)32-28(36)22-9-5-10-23(15-22)34-16-25(29-17-34)21-13-14-21/h2-12,15-19,21H,13-14H2,1H3,(H,31,32,36)/t19-/m0/s1. The van der Waals surface area contributed by atoms with Gasteiger partial charge in [0.1, 0.15) is 17.8 Å². The third-order valence-corrected chi connectivity index (χ3v) is 6.50. The quantitative estimate of drug-likeness (QED) is 0.347. The largest absolute Gasteiger partial charge is 0.307 e. The summed E-state index contributed by atoms with van der Waals surface area (Å²) in [7, 11) is 0. The van der Waals surface area contributed by atoms with E-state index in [2.05, 4.69) is 44.5 Å². The number of nitrogens with zero attached hydrogens (tertiary/aromatic N) is 6. The number of carbonyl (C=O) groups is 1. The normalized spacial score (nSPS) is 13.9. The molecule has 36 heavy (non-hydrogen) atoms. The van der Waals surface area contributed by atoms with E-state index in [9.17, 15) is 4.79 Å². The van der Waals surface area contributed by atoms with E-state index in [1.54, 1.807) is 18.5 Å². The molecule has 0 radical (unpaired) electrons. The molecular weight excluding hydrogens is 450 g/mol. The molecule has 0 bridgehead atoms. The van der Waals surface area contributed by atoms with E-state index >= 15 is 0 Å². The summed E-state index contributed by atoms with van der Waals surface area (Å²) in [5.74, 6) is 1.43. The molecule has 8 nitrogen and oxygen atoms in total. The highest BCUT2D eigenvalue weighted by Gasteiger charge is 2.26. The maximum absolute atomic E-state index is 13.1. The van der Waals surface area contributed by atoms with Gasteiger partial charge in [0, 0.05) is 23.4 Å². The van der Waals surface area contributed by atoms with Crippen molar-refractivity contribution < 1.29 is 4.79 Å². The van der Waals surface area contributed by atoms with Gasteiger partial charge in [0.25, 0.3) is 5.91 Å². The van der Waals surface area contributed by atoms with Gasteiger partial charge in [-0.2, -0.15) is 0 Å². The molecule has 1 fully saturated rings. The number of rotatable bonds is 7. The molecule has 0 unspecified atom stereocenters. The van der Waals surface area contributed by atoms with Crippen LogP contribution in [0.3, 0.4) is 0 Å². The topological polar surface area (TPSA) is 90.5 Å². The Kier molecular flexibility index (Phi) is 5.61. The molecule has 8 heteroatoms. The fraction of sp³-hybridized carbons (Fsp3) is 0.179. The van der Waals surface area contributed by atoms with Crippen molar-refractivity contribution in [2.24, 2.45) is 0 Å². The van der Waals surface area contributed by atoms with E-state index < -0.39 is 0 Å². The third kappa shape index (κ3) is 4.40. The summed E-state index contributed by atoms with van der Waals surface area (Å²) < 4.78 is 3.94. The van der Waals surface area contributed by atoms with E-state index in [0.717, 1.165) is 16.9 Å². The first-order valence-corrected chi connectivity index (χ1v) is 12.0. The number of benzene rings is 2. The van der Waals surface area contributed by atoms with Crippen LogP contribution in [0.4, 0.5) is 5.82 Å². The lowest BCUT2D eigenvalue weighted by atomic mass is 10.1. The van der Waals surface area contributed by atoms with Gasteiger partial charge in [0.05, 0.1) is 18.1 Å². The van der Waals surface area contributed by atoms with Gasteiger partial charge in [0.15, 0.2) is 5.82 Å². The molecule has 0 spiro atoms. The van der Waals surface area contributed by atoms with E-state index in [4.69, 9.17) is 0 Å². The molecular formula is C28H25N7O. The van der Waals surface area contributed by atoms with E-state index in [1.165, 1.54) is 12.8 Å². The lowest BCUT2D eigenvalue weighted by Gasteiger charge is -2.16. The van der Waals surface area contributed by atoms with Crippen LogP contribution in [0.5, 0.6) is 0 Å². The Hall–Kier alpha value is -4.59. The summed E-state index contributed by atoms with van der Waals surface area (Å²) in [6, 6.07) is 23.2. The van der Waals surface area contributed by atoms with Gasteiger partial charge in [-0.1, -0.05) is 42.5 Å². The third-order valence-electron chi connectivity index (χ3n) is 6.50. The van der Waals surface area contributed by atoms with Crippen LogP contribution in [0, 0.1) is 0 Å². The number of nitrogens with one attached hydrogen (secondary N) is 1. The molecule has 0 aliphatic heterocycles. The van der Waals surface area contributed by atoms with Crippen molar-refractivity contribution in [1.82, 2.24) is 29.3 Å². The fourth-order valence-electron chi connectivity index (χ4n) is 4.30. The SMILES string of the molecule is C[C@@H](c1ccccc1)n1cnnc1-c1cccc(NC(=O)c2cccc(-n3cnc(C4CC4)c3)c2)n1. The summed E-state index contributed by atoms with van der Waals surface area (Å²) in [6.07, 6.45) is 7.96. The summed E-state index contributed by atoms with van der Waals surface area (Å²) in [5, 5.41) is 11.3. The van der Waals surface area contributed by atoms with E-state index in [1.807, 2.05) is 70.2 Å². The van der Waals surface area contributed by atoms with Crippen molar-refractivity contribution in [3.8, 4) is 17.2 Å². The fourth-order valence-corrected chi connectivity index (χ4v) is 4.30.